The number of carbonyl (C=O) groups is 1. The van der Waals surface area contributed by atoms with Crippen LogP contribution in [-0.2, 0) is 5.41 Å². The predicted molar refractivity (Wildman–Crippen MR) is 82.2 cm³/mol. The number of halogens is 1. The third-order valence-corrected chi connectivity index (χ3v) is 4.20. The lowest BCUT2D eigenvalue weighted by atomic mass is 9.77. The lowest BCUT2D eigenvalue weighted by molar-refractivity contribution is 0.0982. The molecule has 0 spiro atoms. The molecule has 1 aliphatic rings. The third-order valence-electron chi connectivity index (χ3n) is 4.20. The molecule has 1 amide bonds. The van der Waals surface area contributed by atoms with Crippen molar-refractivity contribution in [1.29, 1.82) is 0 Å². The summed E-state index contributed by atoms with van der Waals surface area (Å²) < 4.78 is 13.3. The quantitative estimate of drug-likeness (QED) is 0.769. The van der Waals surface area contributed by atoms with E-state index in [1.807, 2.05) is 18.2 Å². The molecule has 0 aromatic heterocycles. The second-order valence-corrected chi connectivity index (χ2v) is 6.12. The van der Waals surface area contributed by atoms with Crippen LogP contribution in [0.2, 0.25) is 0 Å². The molecule has 1 heterocycles. The Kier molecular flexibility index (Phi) is 3.28. The summed E-state index contributed by atoms with van der Waals surface area (Å²) in [5.74, 6) is -0.524. The third kappa shape index (κ3) is 2.44. The molecule has 108 valence electrons. The fourth-order valence-electron chi connectivity index (χ4n) is 2.92. The van der Waals surface area contributed by atoms with Gasteiger partial charge in [0.1, 0.15) is 5.82 Å². The second-order valence-electron chi connectivity index (χ2n) is 6.12. The SMILES string of the molecule is CC1(C)CCN(C(=O)c2cccc(F)c2)c2ccccc21. The van der Waals surface area contributed by atoms with Crippen molar-refractivity contribution in [3.63, 3.8) is 0 Å². The summed E-state index contributed by atoms with van der Waals surface area (Å²) in [6, 6.07) is 13.8. The molecule has 0 bridgehead atoms. The number of fused-ring (bicyclic) bond motifs is 1. The van der Waals surface area contributed by atoms with E-state index in [1.165, 1.54) is 17.7 Å². The summed E-state index contributed by atoms with van der Waals surface area (Å²) in [6.45, 7) is 5.03. The van der Waals surface area contributed by atoms with Crippen molar-refractivity contribution in [2.45, 2.75) is 25.7 Å². The van der Waals surface area contributed by atoms with E-state index in [0.717, 1.165) is 12.1 Å². The van der Waals surface area contributed by atoms with E-state index in [1.54, 1.807) is 17.0 Å². The highest BCUT2D eigenvalue weighted by Crippen LogP contribution is 2.39. The van der Waals surface area contributed by atoms with Crippen LogP contribution in [0.4, 0.5) is 10.1 Å². The van der Waals surface area contributed by atoms with E-state index in [0.29, 0.717) is 12.1 Å². The molecule has 2 aromatic rings. The van der Waals surface area contributed by atoms with Gasteiger partial charge in [-0.1, -0.05) is 38.1 Å². The van der Waals surface area contributed by atoms with Gasteiger partial charge in [0.15, 0.2) is 0 Å². The molecule has 2 nitrogen and oxygen atoms in total. The van der Waals surface area contributed by atoms with Gasteiger partial charge in [-0.25, -0.2) is 4.39 Å². The van der Waals surface area contributed by atoms with Crippen molar-refractivity contribution in [1.82, 2.24) is 0 Å². The van der Waals surface area contributed by atoms with Crippen molar-refractivity contribution in [2.24, 2.45) is 0 Å². The maximum atomic E-state index is 13.3. The predicted octanol–water partition coefficient (Wildman–Crippen LogP) is 4.15. The van der Waals surface area contributed by atoms with E-state index < -0.39 is 0 Å². The first-order chi connectivity index (χ1) is 9.99. The molecule has 0 N–H and O–H groups in total. The number of carbonyl (C=O) groups excluding carboxylic acids is 1. The lowest BCUT2D eigenvalue weighted by Gasteiger charge is -2.39. The normalized spacial score (nSPS) is 16.4. The molecule has 21 heavy (non-hydrogen) atoms. The fourth-order valence-corrected chi connectivity index (χ4v) is 2.92. The molecule has 0 unspecified atom stereocenters. The minimum absolute atomic E-state index is 0.0509. The van der Waals surface area contributed by atoms with Crippen molar-refractivity contribution in [3.8, 4) is 0 Å². The Morgan fingerprint density at radius 3 is 2.67 bits per heavy atom. The fraction of sp³-hybridized carbons (Fsp3) is 0.278. The molecule has 0 atom stereocenters. The van der Waals surface area contributed by atoms with Crippen LogP contribution in [-0.4, -0.2) is 12.5 Å². The summed E-state index contributed by atoms with van der Waals surface area (Å²) >= 11 is 0. The Labute approximate surface area is 124 Å². The minimum atomic E-state index is -0.383. The molecule has 0 fully saturated rings. The summed E-state index contributed by atoms with van der Waals surface area (Å²) in [6.07, 6.45) is 0.894. The van der Waals surface area contributed by atoms with Crippen LogP contribution < -0.4 is 4.90 Å². The number of amides is 1. The Balaban J connectivity index is 2.03. The zero-order valence-corrected chi connectivity index (χ0v) is 12.3. The van der Waals surface area contributed by atoms with Crippen LogP contribution in [0, 0.1) is 5.82 Å². The maximum Gasteiger partial charge on any atom is 0.258 e. The molecule has 0 saturated carbocycles. The van der Waals surface area contributed by atoms with Gasteiger partial charge in [0, 0.05) is 17.8 Å². The van der Waals surface area contributed by atoms with Gasteiger partial charge in [0.05, 0.1) is 0 Å². The Bertz CT molecular complexity index is 693. The average molecular weight is 283 g/mol. The largest absolute Gasteiger partial charge is 0.308 e. The van der Waals surface area contributed by atoms with Gasteiger partial charge in [0.2, 0.25) is 0 Å². The van der Waals surface area contributed by atoms with Crippen LogP contribution in [0.3, 0.4) is 0 Å². The molecule has 3 rings (SSSR count). The second kappa shape index (κ2) is 4.99. The molecular weight excluding hydrogens is 265 g/mol. The highest BCUT2D eigenvalue weighted by molar-refractivity contribution is 6.06. The lowest BCUT2D eigenvalue weighted by Crippen LogP contribution is -2.41. The van der Waals surface area contributed by atoms with E-state index in [2.05, 4.69) is 19.9 Å². The summed E-state index contributed by atoms with van der Waals surface area (Å²) in [5, 5.41) is 0. The van der Waals surface area contributed by atoms with Crippen LogP contribution in [0.25, 0.3) is 0 Å². The number of para-hydroxylation sites is 1. The molecule has 2 aromatic carbocycles. The van der Waals surface area contributed by atoms with Gasteiger partial charge >= 0.3 is 0 Å². The highest BCUT2D eigenvalue weighted by atomic mass is 19.1. The zero-order chi connectivity index (χ0) is 15.0. The summed E-state index contributed by atoms with van der Waals surface area (Å²) in [5.41, 5.74) is 2.54. The first-order valence-corrected chi connectivity index (χ1v) is 7.16. The first kappa shape index (κ1) is 13.8. The van der Waals surface area contributed by atoms with Gasteiger partial charge in [-0.05, 0) is 41.7 Å². The Morgan fingerprint density at radius 1 is 1.14 bits per heavy atom. The molecule has 0 radical (unpaired) electrons. The van der Waals surface area contributed by atoms with Crippen molar-refractivity contribution < 1.29 is 9.18 Å². The van der Waals surface area contributed by atoms with Gasteiger partial charge in [0.25, 0.3) is 5.91 Å². The molecule has 0 aliphatic carbocycles. The van der Waals surface area contributed by atoms with Crippen LogP contribution in [0.15, 0.2) is 48.5 Å². The van der Waals surface area contributed by atoms with Gasteiger partial charge in [-0.2, -0.15) is 0 Å². The van der Waals surface area contributed by atoms with Crippen LogP contribution in [0.5, 0.6) is 0 Å². The molecular formula is C18H18FNO. The zero-order valence-electron chi connectivity index (χ0n) is 12.3. The number of rotatable bonds is 1. The molecule has 0 saturated heterocycles. The van der Waals surface area contributed by atoms with Gasteiger partial charge in [-0.15, -0.1) is 0 Å². The van der Waals surface area contributed by atoms with Gasteiger partial charge in [-0.3, -0.25) is 4.79 Å². The first-order valence-electron chi connectivity index (χ1n) is 7.16. The molecule has 1 aliphatic heterocycles. The number of benzene rings is 2. The van der Waals surface area contributed by atoms with E-state index in [4.69, 9.17) is 0 Å². The average Bonchev–Trinajstić information content (AvgIpc) is 2.47. The number of hydrogen-bond donors (Lipinski definition) is 0. The number of hydrogen-bond acceptors (Lipinski definition) is 1. The van der Waals surface area contributed by atoms with Crippen molar-refractivity contribution in [2.75, 3.05) is 11.4 Å². The standard InChI is InChI=1S/C18H18FNO/c1-18(2)10-11-20(16-9-4-3-8-15(16)18)17(21)13-6-5-7-14(19)12-13/h3-9,12H,10-11H2,1-2H3. The van der Waals surface area contributed by atoms with Gasteiger partial charge < -0.3 is 4.90 Å². The number of anilines is 1. The topological polar surface area (TPSA) is 20.3 Å². The smallest absolute Gasteiger partial charge is 0.258 e. The van der Waals surface area contributed by atoms with E-state index in [9.17, 15) is 9.18 Å². The monoisotopic (exact) mass is 283 g/mol. The van der Waals surface area contributed by atoms with E-state index in [-0.39, 0.29) is 17.1 Å². The van der Waals surface area contributed by atoms with Crippen LogP contribution >= 0.6 is 0 Å². The van der Waals surface area contributed by atoms with Crippen molar-refractivity contribution >= 4 is 11.6 Å². The maximum absolute atomic E-state index is 13.3. The Morgan fingerprint density at radius 2 is 1.90 bits per heavy atom. The number of nitrogens with zero attached hydrogens (tertiary/aromatic N) is 1. The Hall–Kier alpha value is -2.16. The minimum Gasteiger partial charge on any atom is -0.308 e. The highest BCUT2D eigenvalue weighted by Gasteiger charge is 2.33. The van der Waals surface area contributed by atoms with E-state index >= 15 is 0 Å². The molecule has 3 heteroatoms. The van der Waals surface area contributed by atoms with Crippen LogP contribution in [0.1, 0.15) is 36.2 Å². The van der Waals surface area contributed by atoms with Crippen molar-refractivity contribution in [3.05, 3.63) is 65.5 Å². The summed E-state index contributed by atoms with van der Waals surface area (Å²) in [4.78, 5) is 14.4. The summed E-state index contributed by atoms with van der Waals surface area (Å²) in [7, 11) is 0.